The van der Waals surface area contributed by atoms with Gasteiger partial charge < -0.3 is 16.0 Å². The van der Waals surface area contributed by atoms with Crippen LogP contribution in [-0.4, -0.2) is 47.0 Å². The van der Waals surface area contributed by atoms with Crippen molar-refractivity contribution in [3.63, 3.8) is 0 Å². The van der Waals surface area contributed by atoms with Crippen LogP contribution in [0.3, 0.4) is 0 Å². The Morgan fingerprint density at radius 2 is 2.10 bits per heavy atom. The van der Waals surface area contributed by atoms with E-state index in [4.69, 9.17) is 5.73 Å². The first kappa shape index (κ1) is 15.6. The predicted octanol–water partition coefficient (Wildman–Crippen LogP) is 0.932. The number of amides is 2. The molecule has 2 rings (SSSR count). The molecule has 1 heterocycles. The summed E-state index contributed by atoms with van der Waals surface area (Å²) in [6.07, 6.45) is 5.02. The fraction of sp³-hybridized carbons (Fsp3) is 0.857. The Bertz CT molecular complexity index is 356. The monoisotopic (exact) mass is 299 g/mol. The van der Waals surface area contributed by atoms with Crippen molar-refractivity contribution in [2.75, 3.05) is 18.2 Å². The topological polar surface area (TPSA) is 75.4 Å². The Morgan fingerprint density at radius 1 is 1.40 bits per heavy atom. The van der Waals surface area contributed by atoms with Gasteiger partial charge in [-0.3, -0.25) is 9.59 Å². The number of nitrogens with two attached hydrogens (primary N) is 1. The highest BCUT2D eigenvalue weighted by Gasteiger charge is 2.38. The maximum absolute atomic E-state index is 12.5. The van der Waals surface area contributed by atoms with Gasteiger partial charge in [0, 0.05) is 24.3 Å². The maximum Gasteiger partial charge on any atom is 0.243 e. The van der Waals surface area contributed by atoms with Crippen LogP contribution in [0.15, 0.2) is 0 Å². The Balaban J connectivity index is 1.86. The fourth-order valence-corrected chi connectivity index (χ4v) is 3.99. The normalized spacial score (nSPS) is 24.9. The van der Waals surface area contributed by atoms with Crippen molar-refractivity contribution >= 4 is 23.6 Å². The van der Waals surface area contributed by atoms with Crippen LogP contribution in [0, 0.1) is 5.92 Å². The van der Waals surface area contributed by atoms with Crippen molar-refractivity contribution in [3.8, 4) is 0 Å². The molecule has 0 spiro atoms. The maximum atomic E-state index is 12.5. The van der Waals surface area contributed by atoms with Crippen molar-refractivity contribution < 1.29 is 9.59 Å². The second-order valence-corrected chi connectivity index (χ2v) is 6.86. The van der Waals surface area contributed by atoms with Gasteiger partial charge in [-0.25, -0.2) is 0 Å². The van der Waals surface area contributed by atoms with Gasteiger partial charge in [0.25, 0.3) is 0 Å². The number of rotatable bonds is 5. The summed E-state index contributed by atoms with van der Waals surface area (Å²) in [5.41, 5.74) is 5.67. The summed E-state index contributed by atoms with van der Waals surface area (Å²) in [5.74, 6) is 1.67. The molecule has 1 aliphatic carbocycles. The molecule has 20 heavy (non-hydrogen) atoms. The Hall–Kier alpha value is -0.750. The Morgan fingerprint density at radius 3 is 2.75 bits per heavy atom. The van der Waals surface area contributed by atoms with Crippen LogP contribution in [0.5, 0.6) is 0 Å². The molecule has 1 saturated heterocycles. The molecule has 0 aromatic rings. The van der Waals surface area contributed by atoms with E-state index in [2.05, 4.69) is 5.32 Å². The van der Waals surface area contributed by atoms with E-state index in [1.54, 1.807) is 16.7 Å². The van der Waals surface area contributed by atoms with Gasteiger partial charge in [0.2, 0.25) is 11.8 Å². The number of nitrogens with one attached hydrogen (secondary N) is 1. The number of thioether (sulfide) groups is 1. The molecule has 0 aromatic carbocycles. The summed E-state index contributed by atoms with van der Waals surface area (Å²) in [4.78, 5) is 26.4. The van der Waals surface area contributed by atoms with Crippen LogP contribution in [-0.2, 0) is 9.59 Å². The summed E-state index contributed by atoms with van der Waals surface area (Å²) in [5, 5.41) is 2.91. The van der Waals surface area contributed by atoms with E-state index in [-0.39, 0.29) is 29.8 Å². The molecular formula is C14H25N3O2S. The average Bonchev–Trinajstić information content (AvgIpc) is 3.08. The third kappa shape index (κ3) is 3.88. The highest BCUT2D eigenvalue weighted by molar-refractivity contribution is 7.99. The number of carbonyl (C=O) groups is 2. The number of hydrogen-bond donors (Lipinski definition) is 2. The Labute approximate surface area is 125 Å². The van der Waals surface area contributed by atoms with E-state index in [0.29, 0.717) is 18.2 Å². The minimum Gasteiger partial charge on any atom is -0.354 e. The van der Waals surface area contributed by atoms with Crippen molar-refractivity contribution in [2.24, 2.45) is 11.7 Å². The van der Waals surface area contributed by atoms with E-state index >= 15 is 0 Å². The fourth-order valence-electron chi connectivity index (χ4n) is 2.83. The highest BCUT2D eigenvalue weighted by atomic mass is 32.2. The summed E-state index contributed by atoms with van der Waals surface area (Å²) >= 11 is 1.67. The Kier molecular flexibility index (Phi) is 5.72. The van der Waals surface area contributed by atoms with E-state index < -0.39 is 0 Å². The number of carbonyl (C=O) groups excluding carboxylic acids is 2. The quantitative estimate of drug-likeness (QED) is 0.792. The van der Waals surface area contributed by atoms with Gasteiger partial charge in [-0.15, -0.1) is 11.8 Å². The van der Waals surface area contributed by atoms with Crippen LogP contribution in [0.25, 0.3) is 0 Å². The highest BCUT2D eigenvalue weighted by Crippen LogP contribution is 2.30. The molecule has 0 radical (unpaired) electrons. The molecule has 2 amide bonds. The van der Waals surface area contributed by atoms with Crippen molar-refractivity contribution in [1.29, 1.82) is 0 Å². The van der Waals surface area contributed by atoms with Gasteiger partial charge in [-0.1, -0.05) is 12.8 Å². The lowest BCUT2D eigenvalue weighted by Crippen LogP contribution is -2.49. The van der Waals surface area contributed by atoms with Crippen LogP contribution in [0.4, 0.5) is 0 Å². The first-order valence-electron chi connectivity index (χ1n) is 7.51. The summed E-state index contributed by atoms with van der Waals surface area (Å²) in [7, 11) is 0. The second-order valence-electron chi connectivity index (χ2n) is 5.86. The lowest BCUT2D eigenvalue weighted by atomic mass is 10.1. The second kappa shape index (κ2) is 7.31. The van der Waals surface area contributed by atoms with E-state index in [1.165, 1.54) is 0 Å². The largest absolute Gasteiger partial charge is 0.354 e. The third-order valence-electron chi connectivity index (χ3n) is 4.07. The summed E-state index contributed by atoms with van der Waals surface area (Å²) in [6, 6.07) is -0.203. The van der Waals surface area contributed by atoms with Gasteiger partial charge in [-0.2, -0.15) is 0 Å². The van der Waals surface area contributed by atoms with Gasteiger partial charge in [0.05, 0.1) is 5.88 Å². The lowest BCUT2D eigenvalue weighted by Gasteiger charge is -2.25. The third-order valence-corrected chi connectivity index (χ3v) is 5.08. The number of nitrogens with zero attached hydrogens (tertiary/aromatic N) is 1. The van der Waals surface area contributed by atoms with Gasteiger partial charge in [-0.05, 0) is 26.2 Å². The molecular weight excluding hydrogens is 274 g/mol. The van der Waals surface area contributed by atoms with E-state index in [9.17, 15) is 9.59 Å². The molecule has 1 saturated carbocycles. The molecule has 6 heteroatoms. The molecule has 5 nitrogen and oxygen atoms in total. The SMILES string of the molecule is CC(N)CCNC(=O)C1CSCN1C(=O)C1CCCC1. The summed E-state index contributed by atoms with van der Waals surface area (Å²) < 4.78 is 0. The number of hydrogen-bond acceptors (Lipinski definition) is 4. The molecule has 114 valence electrons. The standard InChI is InChI=1S/C14H25N3O2S/c1-10(15)6-7-16-13(18)12-8-20-9-17(12)14(19)11-4-2-3-5-11/h10-12H,2-9,15H2,1H3,(H,16,18). The van der Waals surface area contributed by atoms with Crippen LogP contribution in [0.2, 0.25) is 0 Å². The molecule has 2 atom stereocenters. The minimum absolute atomic E-state index is 0.0259. The van der Waals surface area contributed by atoms with Crippen molar-refractivity contribution in [1.82, 2.24) is 10.2 Å². The van der Waals surface area contributed by atoms with Gasteiger partial charge in [0.15, 0.2) is 0 Å². The van der Waals surface area contributed by atoms with Crippen LogP contribution < -0.4 is 11.1 Å². The molecule has 1 aliphatic heterocycles. The summed E-state index contributed by atoms with van der Waals surface area (Å²) in [6.45, 7) is 2.51. The zero-order valence-electron chi connectivity index (χ0n) is 12.1. The van der Waals surface area contributed by atoms with Crippen LogP contribution in [0.1, 0.15) is 39.0 Å². The van der Waals surface area contributed by atoms with Gasteiger partial charge >= 0.3 is 0 Å². The first-order valence-corrected chi connectivity index (χ1v) is 8.66. The predicted molar refractivity (Wildman–Crippen MR) is 81.2 cm³/mol. The smallest absolute Gasteiger partial charge is 0.243 e. The van der Waals surface area contributed by atoms with E-state index in [0.717, 1.165) is 32.1 Å². The first-order chi connectivity index (χ1) is 9.59. The molecule has 3 N–H and O–H groups in total. The zero-order chi connectivity index (χ0) is 14.5. The van der Waals surface area contributed by atoms with Crippen molar-refractivity contribution in [3.05, 3.63) is 0 Å². The molecule has 2 unspecified atom stereocenters. The van der Waals surface area contributed by atoms with Crippen molar-refractivity contribution in [2.45, 2.75) is 51.1 Å². The molecule has 2 aliphatic rings. The zero-order valence-corrected chi connectivity index (χ0v) is 13.0. The molecule has 0 bridgehead atoms. The van der Waals surface area contributed by atoms with Crippen LogP contribution >= 0.6 is 11.8 Å². The molecule has 2 fully saturated rings. The average molecular weight is 299 g/mol. The minimum atomic E-state index is -0.291. The molecule has 0 aromatic heterocycles. The lowest BCUT2D eigenvalue weighted by molar-refractivity contribution is -0.141. The van der Waals surface area contributed by atoms with E-state index in [1.807, 2.05) is 6.92 Å². The van der Waals surface area contributed by atoms with Gasteiger partial charge in [0.1, 0.15) is 6.04 Å².